The van der Waals surface area contributed by atoms with E-state index in [1.165, 1.54) is 4.90 Å². The fourth-order valence-electron chi connectivity index (χ4n) is 1.73. The van der Waals surface area contributed by atoms with Gasteiger partial charge in [-0.2, -0.15) is 0 Å². The molecule has 0 aliphatic rings. The van der Waals surface area contributed by atoms with E-state index in [-0.39, 0.29) is 5.97 Å². The summed E-state index contributed by atoms with van der Waals surface area (Å²) in [5.41, 5.74) is 0. The number of benzene rings is 2. The number of esters is 1. The van der Waals surface area contributed by atoms with Crippen molar-refractivity contribution in [2.24, 2.45) is 0 Å². The lowest BCUT2D eigenvalue weighted by atomic mass is 10.4. The van der Waals surface area contributed by atoms with Gasteiger partial charge in [0.2, 0.25) is 0 Å². The van der Waals surface area contributed by atoms with Crippen LogP contribution in [0.25, 0.3) is 0 Å². The van der Waals surface area contributed by atoms with Crippen molar-refractivity contribution in [1.29, 1.82) is 0 Å². The zero-order valence-electron chi connectivity index (χ0n) is 12.4. The number of hydrogen-bond acceptors (Lipinski definition) is 4. The lowest BCUT2D eigenvalue weighted by molar-refractivity contribution is -0.137. The quantitative estimate of drug-likeness (QED) is 0.404. The molecule has 2 nitrogen and oxygen atoms in total. The van der Waals surface area contributed by atoms with Crippen LogP contribution in [-0.2, 0) is 9.53 Å². The summed E-state index contributed by atoms with van der Waals surface area (Å²) in [5.74, 6) is 0.456. The van der Waals surface area contributed by atoms with E-state index < -0.39 is 0 Å². The fourth-order valence-corrected chi connectivity index (χ4v) is 3.63. The molecular formula is C18H18O2S2. The first-order valence-electron chi connectivity index (χ1n) is 7.06. The Morgan fingerprint density at radius 3 is 2.18 bits per heavy atom. The van der Waals surface area contributed by atoms with E-state index in [4.69, 9.17) is 4.74 Å². The molecule has 2 aromatic carbocycles. The van der Waals surface area contributed by atoms with Crippen LogP contribution >= 0.6 is 23.5 Å². The Morgan fingerprint density at radius 2 is 1.59 bits per heavy atom. The lowest BCUT2D eigenvalue weighted by Crippen LogP contribution is -2.01. The Hall–Kier alpha value is -1.65. The van der Waals surface area contributed by atoms with Crippen LogP contribution in [0, 0.1) is 0 Å². The molecule has 0 bridgehead atoms. The number of carbonyl (C=O) groups is 1. The largest absolute Gasteiger partial charge is 0.463 e. The molecule has 4 heteroatoms. The van der Waals surface area contributed by atoms with E-state index in [9.17, 15) is 4.79 Å². The predicted octanol–water partition coefficient (Wildman–Crippen LogP) is 5.02. The van der Waals surface area contributed by atoms with Crippen molar-refractivity contribution in [1.82, 2.24) is 0 Å². The summed E-state index contributed by atoms with van der Waals surface area (Å²) in [5, 5.41) is 0. The Balaban J connectivity index is 2.05. The van der Waals surface area contributed by atoms with Gasteiger partial charge in [0.05, 0.1) is 6.61 Å². The van der Waals surface area contributed by atoms with Crippen molar-refractivity contribution in [2.75, 3.05) is 12.4 Å². The summed E-state index contributed by atoms with van der Waals surface area (Å²) in [6, 6.07) is 20.2. The molecule has 0 unspecified atom stereocenters. The number of carbonyl (C=O) groups excluding carboxylic acids is 1. The van der Waals surface area contributed by atoms with E-state index >= 15 is 0 Å². The van der Waals surface area contributed by atoms with E-state index in [2.05, 4.69) is 12.1 Å². The Labute approximate surface area is 140 Å². The van der Waals surface area contributed by atoms with Crippen molar-refractivity contribution < 1.29 is 9.53 Å². The van der Waals surface area contributed by atoms with Crippen LogP contribution in [0.4, 0.5) is 0 Å². The van der Waals surface area contributed by atoms with Gasteiger partial charge in [0.1, 0.15) is 0 Å². The van der Waals surface area contributed by atoms with Gasteiger partial charge in [0, 0.05) is 26.5 Å². The molecule has 0 radical (unpaired) electrons. The fraction of sp³-hybridized carbons (Fsp3) is 0.167. The first-order valence-corrected chi connectivity index (χ1v) is 8.86. The van der Waals surface area contributed by atoms with E-state index in [0.29, 0.717) is 6.61 Å². The minimum absolute atomic E-state index is 0.283. The molecule has 22 heavy (non-hydrogen) atoms. The van der Waals surface area contributed by atoms with Gasteiger partial charge in [-0.1, -0.05) is 48.2 Å². The maximum Gasteiger partial charge on any atom is 0.331 e. The SMILES string of the molecule is CCOC(=O)/C=C(\CSc1ccccc1)Sc1ccccc1. The van der Waals surface area contributed by atoms with E-state index in [1.807, 2.05) is 55.5 Å². The van der Waals surface area contributed by atoms with Crippen molar-refractivity contribution >= 4 is 29.5 Å². The Morgan fingerprint density at radius 1 is 1.00 bits per heavy atom. The average Bonchev–Trinajstić information content (AvgIpc) is 2.55. The summed E-state index contributed by atoms with van der Waals surface area (Å²) in [7, 11) is 0. The normalized spacial score (nSPS) is 11.2. The number of thioether (sulfide) groups is 2. The molecule has 0 aliphatic carbocycles. The van der Waals surface area contributed by atoms with Gasteiger partial charge in [-0.3, -0.25) is 0 Å². The summed E-state index contributed by atoms with van der Waals surface area (Å²) in [4.78, 5) is 15.0. The third kappa shape index (κ3) is 6.00. The highest BCUT2D eigenvalue weighted by atomic mass is 32.2. The first kappa shape index (κ1) is 16.7. The highest BCUT2D eigenvalue weighted by Crippen LogP contribution is 2.31. The summed E-state index contributed by atoms with van der Waals surface area (Å²) in [6.07, 6.45) is 1.59. The van der Waals surface area contributed by atoms with Gasteiger partial charge in [-0.05, 0) is 31.2 Å². The molecule has 2 aromatic rings. The van der Waals surface area contributed by atoms with E-state index in [0.717, 1.165) is 15.6 Å². The molecule has 0 heterocycles. The molecule has 0 amide bonds. The van der Waals surface area contributed by atoms with Crippen LogP contribution in [0.5, 0.6) is 0 Å². The van der Waals surface area contributed by atoms with Gasteiger partial charge in [0.25, 0.3) is 0 Å². The Bertz CT molecular complexity index is 609. The van der Waals surface area contributed by atoms with Crippen LogP contribution in [0.1, 0.15) is 6.92 Å². The zero-order chi connectivity index (χ0) is 15.6. The second kappa shape index (κ2) is 9.38. The Kier molecular flexibility index (Phi) is 7.13. The van der Waals surface area contributed by atoms with Gasteiger partial charge >= 0.3 is 5.97 Å². The minimum Gasteiger partial charge on any atom is -0.463 e. The van der Waals surface area contributed by atoms with Crippen LogP contribution in [-0.4, -0.2) is 18.3 Å². The first-order chi connectivity index (χ1) is 10.8. The molecular weight excluding hydrogens is 312 g/mol. The van der Waals surface area contributed by atoms with Gasteiger partial charge in [-0.25, -0.2) is 4.79 Å². The smallest absolute Gasteiger partial charge is 0.331 e. The van der Waals surface area contributed by atoms with Crippen molar-refractivity contribution in [3.63, 3.8) is 0 Å². The van der Waals surface area contributed by atoms with Gasteiger partial charge in [0.15, 0.2) is 0 Å². The van der Waals surface area contributed by atoms with Crippen molar-refractivity contribution in [3.8, 4) is 0 Å². The highest BCUT2D eigenvalue weighted by molar-refractivity contribution is 8.06. The second-order valence-electron chi connectivity index (χ2n) is 4.38. The molecule has 2 rings (SSSR count). The van der Waals surface area contributed by atoms with Gasteiger partial charge in [-0.15, -0.1) is 11.8 Å². The second-order valence-corrected chi connectivity index (χ2v) is 6.63. The third-order valence-corrected chi connectivity index (χ3v) is 4.96. The molecule has 114 valence electrons. The van der Waals surface area contributed by atoms with E-state index in [1.54, 1.807) is 29.6 Å². The third-order valence-electron chi connectivity index (χ3n) is 2.68. The molecule has 0 saturated carbocycles. The summed E-state index contributed by atoms with van der Waals surface area (Å²) >= 11 is 3.31. The number of ether oxygens (including phenoxy) is 1. The van der Waals surface area contributed by atoms with Crippen molar-refractivity contribution in [3.05, 3.63) is 71.6 Å². The topological polar surface area (TPSA) is 26.3 Å². The predicted molar refractivity (Wildman–Crippen MR) is 94.2 cm³/mol. The number of hydrogen-bond donors (Lipinski definition) is 0. The highest BCUT2D eigenvalue weighted by Gasteiger charge is 2.06. The molecule has 0 N–H and O–H groups in total. The summed E-state index contributed by atoms with van der Waals surface area (Å²) in [6.45, 7) is 2.21. The maximum atomic E-state index is 11.7. The van der Waals surface area contributed by atoms with Crippen molar-refractivity contribution in [2.45, 2.75) is 16.7 Å². The molecule has 0 aliphatic heterocycles. The van der Waals surface area contributed by atoms with Crippen LogP contribution in [0.15, 0.2) is 81.4 Å². The minimum atomic E-state index is -0.283. The maximum absolute atomic E-state index is 11.7. The van der Waals surface area contributed by atoms with Gasteiger partial charge < -0.3 is 4.74 Å². The molecule has 0 saturated heterocycles. The van der Waals surface area contributed by atoms with Crippen LogP contribution < -0.4 is 0 Å². The van der Waals surface area contributed by atoms with Crippen LogP contribution in [0.2, 0.25) is 0 Å². The molecule has 0 spiro atoms. The molecule has 0 atom stereocenters. The zero-order valence-corrected chi connectivity index (χ0v) is 14.0. The standard InChI is InChI=1S/C18H18O2S2/c1-2-20-18(19)13-17(22-16-11-7-4-8-12-16)14-21-15-9-5-3-6-10-15/h3-13H,2,14H2,1H3/b17-13+. The summed E-state index contributed by atoms with van der Waals surface area (Å²) < 4.78 is 5.02. The molecule has 0 fully saturated rings. The monoisotopic (exact) mass is 330 g/mol. The average molecular weight is 330 g/mol. The lowest BCUT2D eigenvalue weighted by Gasteiger charge is -2.07. The molecule has 0 aromatic heterocycles. The number of rotatable bonds is 7. The van der Waals surface area contributed by atoms with Crippen LogP contribution in [0.3, 0.4) is 0 Å².